The average molecular weight is 453 g/mol. The summed E-state index contributed by atoms with van der Waals surface area (Å²) in [5, 5.41) is 12.6. The first kappa shape index (κ1) is 27.1. The minimum absolute atomic E-state index is 0.997. The molecule has 0 amide bonds. The van der Waals surface area contributed by atoms with Gasteiger partial charge in [0, 0.05) is 0 Å². The number of hydrogen-bond acceptors (Lipinski definition) is 1. The molecule has 0 aliphatic heterocycles. The Morgan fingerprint density at radius 2 is 1.16 bits per heavy atom. The molecular weight excluding hydrogens is 410 g/mol. The summed E-state index contributed by atoms with van der Waals surface area (Å²) in [6.45, 7) is 0. The van der Waals surface area contributed by atoms with Gasteiger partial charge in [0.15, 0.2) is 0 Å². The molecule has 1 N–H and O–H groups in total. The molecule has 3 rings (SSSR count). The molecule has 0 bridgehead atoms. The molecule has 1 aliphatic carbocycles. The molecule has 0 aromatic heterocycles. The molecule has 1 nitrogen and oxygen atoms in total. The predicted octanol–water partition coefficient (Wildman–Crippen LogP) is 8.13. The first-order valence-electron chi connectivity index (χ1n) is 11.3. The maximum atomic E-state index is 2.75. The van der Waals surface area contributed by atoms with Gasteiger partial charge in [-0.1, -0.05) is 85.0 Å². The van der Waals surface area contributed by atoms with Crippen LogP contribution in [-0.4, -0.2) is 14.1 Å². The van der Waals surface area contributed by atoms with Gasteiger partial charge in [-0.25, -0.2) is 0 Å². The van der Waals surface area contributed by atoms with E-state index in [4.69, 9.17) is 0 Å². The molecule has 0 fully saturated rings. The van der Waals surface area contributed by atoms with Crippen molar-refractivity contribution in [1.29, 1.82) is 0 Å². The van der Waals surface area contributed by atoms with Gasteiger partial charge in [-0.15, -0.1) is 0 Å². The van der Waals surface area contributed by atoms with Crippen molar-refractivity contribution in [2.24, 2.45) is 0 Å². The van der Waals surface area contributed by atoms with Gasteiger partial charge in [-0.05, 0) is 38.1 Å². The van der Waals surface area contributed by atoms with E-state index in [1.54, 1.807) is 3.88 Å². The normalized spacial score (nSPS) is 14.3. The summed E-state index contributed by atoms with van der Waals surface area (Å²) in [5.41, 5.74) is 2.70. The third-order valence-corrected chi connectivity index (χ3v) is 9.42. The molecule has 0 heterocycles. The Kier molecular flexibility index (Phi) is 12.4. The molecule has 167 valence electrons. The number of nitrogens with one attached hydrogen (secondary N) is 1. The maximum absolute atomic E-state index is 2.75. The van der Waals surface area contributed by atoms with E-state index >= 15 is 0 Å². The Morgan fingerprint density at radius 3 is 1.45 bits per heavy atom. The summed E-state index contributed by atoms with van der Waals surface area (Å²) >= 11 is -2.02. The second-order valence-electron chi connectivity index (χ2n) is 10.1. The average Bonchev–Trinajstić information content (AvgIpc) is 3.29. The fourth-order valence-corrected chi connectivity index (χ4v) is 5.63. The molecule has 0 radical (unpaired) electrons. The molecular formula is C29H42NTi. The molecule has 2 aromatic carbocycles. The van der Waals surface area contributed by atoms with Crippen molar-refractivity contribution in [3.05, 3.63) is 118 Å². The number of allylic oxidation sites excluding steroid dienone is 8. The van der Waals surface area contributed by atoms with Gasteiger partial charge in [0.2, 0.25) is 0 Å². The Labute approximate surface area is 192 Å². The quantitative estimate of drug-likeness (QED) is 0.345. The van der Waals surface area contributed by atoms with E-state index in [0.29, 0.717) is 0 Å². The van der Waals surface area contributed by atoms with Crippen molar-refractivity contribution >= 4 is 0 Å². The minimum atomic E-state index is -2.02. The van der Waals surface area contributed by atoms with Crippen molar-refractivity contribution in [2.75, 3.05) is 14.1 Å². The Bertz CT molecular complexity index is 791. The van der Waals surface area contributed by atoms with E-state index in [1.807, 2.05) is 26.2 Å². The van der Waals surface area contributed by atoms with Gasteiger partial charge in [0.05, 0.1) is 0 Å². The van der Waals surface area contributed by atoms with Crippen LogP contribution in [0.3, 0.4) is 0 Å². The topological polar surface area (TPSA) is 12.0 Å². The van der Waals surface area contributed by atoms with Crippen LogP contribution < -0.4 is 5.32 Å². The van der Waals surface area contributed by atoms with Crippen LogP contribution in [0.2, 0.25) is 20.9 Å². The molecule has 0 unspecified atom stereocenters. The van der Waals surface area contributed by atoms with E-state index < -0.39 is 15.3 Å². The molecule has 1 aliphatic rings. The Balaban J connectivity index is 0.000000311. The van der Waals surface area contributed by atoms with Crippen molar-refractivity contribution in [2.45, 2.75) is 40.2 Å². The van der Waals surface area contributed by atoms with Crippen molar-refractivity contribution in [3.63, 3.8) is 0 Å². The van der Waals surface area contributed by atoms with Gasteiger partial charge in [0.25, 0.3) is 0 Å². The van der Waals surface area contributed by atoms with Crippen molar-refractivity contribution in [3.8, 4) is 0 Å². The second kappa shape index (κ2) is 14.2. The summed E-state index contributed by atoms with van der Waals surface area (Å²) in [6, 6.07) is 21.0. The van der Waals surface area contributed by atoms with Gasteiger partial charge in [0.1, 0.15) is 0 Å². The summed E-state index contributed by atoms with van der Waals surface area (Å²) < 4.78 is 1.72. The number of rotatable bonds is 6. The molecule has 0 saturated heterocycles. The summed E-state index contributed by atoms with van der Waals surface area (Å²) in [5.74, 6) is 0. The molecule has 0 spiro atoms. The number of hydrogen-bond donors (Lipinski definition) is 1. The van der Waals surface area contributed by atoms with E-state index in [9.17, 15) is 0 Å². The van der Waals surface area contributed by atoms with E-state index in [1.165, 1.54) is 17.5 Å². The van der Waals surface area contributed by atoms with Crippen LogP contribution in [0, 0.1) is 0 Å². The zero-order chi connectivity index (χ0) is 23.0. The number of benzene rings is 2. The molecule has 31 heavy (non-hydrogen) atoms. The Hall–Kier alpha value is -1.93. The Morgan fingerprint density at radius 1 is 0.742 bits per heavy atom. The van der Waals surface area contributed by atoms with Crippen LogP contribution in [0.1, 0.15) is 17.5 Å². The zero-order valence-corrected chi connectivity index (χ0v) is 22.0. The van der Waals surface area contributed by atoms with Crippen LogP contribution in [0.4, 0.5) is 0 Å². The van der Waals surface area contributed by atoms with Crippen molar-refractivity contribution in [1.82, 2.24) is 5.32 Å². The predicted molar refractivity (Wildman–Crippen MR) is 139 cm³/mol. The van der Waals surface area contributed by atoms with Crippen LogP contribution in [-0.2, 0) is 28.1 Å². The molecule has 2 heteroatoms. The first-order chi connectivity index (χ1) is 14.7. The van der Waals surface area contributed by atoms with Gasteiger partial charge >= 0.3 is 64.7 Å². The van der Waals surface area contributed by atoms with E-state index in [2.05, 4.69) is 117 Å². The van der Waals surface area contributed by atoms with Crippen LogP contribution >= 0.6 is 0 Å². The van der Waals surface area contributed by atoms with Gasteiger partial charge in [-0.2, -0.15) is 0 Å². The summed E-state index contributed by atoms with van der Waals surface area (Å²) in [7, 11) is 3.75. The van der Waals surface area contributed by atoms with E-state index in [0.717, 1.165) is 12.8 Å². The van der Waals surface area contributed by atoms with Gasteiger partial charge < -0.3 is 5.32 Å². The van der Waals surface area contributed by atoms with Crippen LogP contribution in [0.25, 0.3) is 0 Å². The van der Waals surface area contributed by atoms with Crippen LogP contribution in [0.15, 0.2) is 107 Å². The third-order valence-electron chi connectivity index (χ3n) is 4.83. The van der Waals surface area contributed by atoms with Crippen LogP contribution in [0.5, 0.6) is 0 Å². The second-order valence-corrected chi connectivity index (χ2v) is 23.6. The SMILES string of the molecule is C(C=CCc1ccccc1)=CCc1ccccc1.CNC.[CH3][Ti]([CH3])([CH3])([CH3])[C]1=CC=CC1. The fraction of sp³-hybridized carbons (Fsp3) is 0.310. The van der Waals surface area contributed by atoms with Crippen molar-refractivity contribution < 1.29 is 15.3 Å². The monoisotopic (exact) mass is 452 g/mol. The molecule has 2 aromatic rings. The zero-order valence-electron chi connectivity index (χ0n) is 20.4. The van der Waals surface area contributed by atoms with Gasteiger partial charge in [-0.3, -0.25) is 0 Å². The summed E-state index contributed by atoms with van der Waals surface area (Å²) in [6.07, 6.45) is 18.6. The summed E-state index contributed by atoms with van der Waals surface area (Å²) in [4.78, 5) is 0. The standard InChI is InChI=1S/C18H18.C5H5.C2H7N.4CH3.Ti/c1(5-11-17-13-7-3-8-14-17)2-6-12-18-15-9-4-10-16-18;1-2-4-5-3-1;1-3-2;;;;;/h1-10,13-16H,11-12H2;1-3H,4H2;3H,1-2H3;4*1H3;. The van der Waals surface area contributed by atoms with E-state index in [-0.39, 0.29) is 0 Å². The molecule has 0 saturated carbocycles. The molecule has 0 atom stereocenters. The first-order valence-corrected chi connectivity index (χ1v) is 18.3. The third kappa shape index (κ3) is 13.2. The fourth-order valence-electron chi connectivity index (χ4n) is 2.98.